The molecular formula is C17H32O4. The van der Waals surface area contributed by atoms with Crippen molar-refractivity contribution in [1.29, 1.82) is 0 Å². The number of hydrogen-bond donors (Lipinski definition) is 0. The number of ether oxygens (including phenoxy) is 2. The minimum Gasteiger partial charge on any atom is -0.457 e. The zero-order chi connectivity index (χ0) is 16.1. The van der Waals surface area contributed by atoms with Gasteiger partial charge in [0, 0.05) is 0 Å². The number of carbonyl (C=O) groups excluding carboxylic acids is 2. The topological polar surface area (TPSA) is 52.6 Å². The third-order valence-electron chi connectivity index (χ3n) is 3.03. The average Bonchev–Trinajstić information content (AvgIpc) is 2.41. The molecule has 4 nitrogen and oxygen atoms in total. The van der Waals surface area contributed by atoms with E-state index in [4.69, 9.17) is 9.47 Å². The van der Waals surface area contributed by atoms with Gasteiger partial charge in [-0.05, 0) is 11.8 Å². The lowest BCUT2D eigenvalue weighted by atomic mass is 9.99. The fourth-order valence-electron chi connectivity index (χ4n) is 1.80. The molecule has 0 heterocycles. The SMILES string of the molecule is CCCCCCCCCCOC(=O)C(=O)OCC(C)(C)C. The number of unbranched alkanes of at least 4 members (excludes halogenated alkanes) is 7. The minimum absolute atomic E-state index is 0.145. The lowest BCUT2D eigenvalue weighted by Crippen LogP contribution is -2.25. The van der Waals surface area contributed by atoms with E-state index in [1.165, 1.54) is 32.1 Å². The molecule has 0 bridgehead atoms. The molecule has 0 atom stereocenters. The summed E-state index contributed by atoms with van der Waals surface area (Å²) in [6.07, 6.45) is 9.42. The number of esters is 2. The predicted octanol–water partition coefficient (Wildman–Crippen LogP) is 4.26. The molecule has 0 saturated heterocycles. The maximum absolute atomic E-state index is 11.4. The van der Waals surface area contributed by atoms with E-state index in [1.54, 1.807) is 0 Å². The summed E-state index contributed by atoms with van der Waals surface area (Å²) in [5, 5.41) is 0. The Hall–Kier alpha value is -1.06. The standard InChI is InChI=1S/C17H32O4/c1-5-6-7-8-9-10-11-12-13-20-15(18)16(19)21-14-17(2,3)4/h5-14H2,1-4H3. The van der Waals surface area contributed by atoms with E-state index in [9.17, 15) is 9.59 Å². The van der Waals surface area contributed by atoms with Gasteiger partial charge < -0.3 is 9.47 Å². The molecule has 0 aliphatic rings. The molecule has 0 saturated carbocycles. The van der Waals surface area contributed by atoms with Crippen LogP contribution in [0.4, 0.5) is 0 Å². The molecule has 0 unspecified atom stereocenters. The molecule has 0 spiro atoms. The number of hydrogen-bond acceptors (Lipinski definition) is 4. The van der Waals surface area contributed by atoms with Crippen LogP contribution in [0.5, 0.6) is 0 Å². The van der Waals surface area contributed by atoms with Crippen LogP contribution in [0.1, 0.15) is 79.1 Å². The van der Waals surface area contributed by atoms with Crippen LogP contribution in [0.15, 0.2) is 0 Å². The average molecular weight is 300 g/mol. The van der Waals surface area contributed by atoms with Crippen molar-refractivity contribution in [2.24, 2.45) is 5.41 Å². The molecule has 0 aromatic heterocycles. The maximum Gasteiger partial charge on any atom is 0.417 e. The predicted molar refractivity (Wildman–Crippen MR) is 84.0 cm³/mol. The first-order chi connectivity index (χ1) is 9.87. The zero-order valence-electron chi connectivity index (χ0n) is 14.2. The summed E-state index contributed by atoms with van der Waals surface area (Å²) in [6.45, 7) is 8.54. The number of rotatable bonds is 10. The lowest BCUT2D eigenvalue weighted by molar-refractivity contribution is -0.169. The van der Waals surface area contributed by atoms with E-state index < -0.39 is 11.9 Å². The molecule has 0 aliphatic carbocycles. The van der Waals surface area contributed by atoms with Gasteiger partial charge in [-0.1, -0.05) is 72.6 Å². The molecule has 0 rings (SSSR count). The summed E-state index contributed by atoms with van der Waals surface area (Å²) < 4.78 is 9.79. The van der Waals surface area contributed by atoms with E-state index >= 15 is 0 Å². The van der Waals surface area contributed by atoms with Crippen molar-refractivity contribution in [3.8, 4) is 0 Å². The van der Waals surface area contributed by atoms with Gasteiger partial charge in [-0.3, -0.25) is 0 Å². The van der Waals surface area contributed by atoms with Gasteiger partial charge >= 0.3 is 11.9 Å². The highest BCUT2D eigenvalue weighted by molar-refractivity contribution is 6.29. The van der Waals surface area contributed by atoms with E-state index in [0.29, 0.717) is 6.61 Å². The van der Waals surface area contributed by atoms with Gasteiger partial charge in [-0.25, -0.2) is 9.59 Å². The van der Waals surface area contributed by atoms with Crippen LogP contribution in [-0.2, 0) is 19.1 Å². The van der Waals surface area contributed by atoms with Crippen LogP contribution in [0.3, 0.4) is 0 Å². The van der Waals surface area contributed by atoms with E-state index in [-0.39, 0.29) is 12.0 Å². The summed E-state index contributed by atoms with van der Waals surface area (Å²) in [6, 6.07) is 0. The minimum atomic E-state index is -0.885. The van der Waals surface area contributed by atoms with Crippen molar-refractivity contribution >= 4 is 11.9 Å². The smallest absolute Gasteiger partial charge is 0.417 e. The third-order valence-corrected chi connectivity index (χ3v) is 3.03. The molecule has 21 heavy (non-hydrogen) atoms. The summed E-state index contributed by atoms with van der Waals surface area (Å²) in [5.41, 5.74) is -0.145. The van der Waals surface area contributed by atoms with Crippen LogP contribution >= 0.6 is 0 Å². The van der Waals surface area contributed by atoms with Gasteiger partial charge in [-0.15, -0.1) is 0 Å². The Morgan fingerprint density at radius 2 is 1.24 bits per heavy atom. The van der Waals surface area contributed by atoms with E-state index in [0.717, 1.165) is 19.3 Å². The van der Waals surface area contributed by atoms with Crippen LogP contribution < -0.4 is 0 Å². The largest absolute Gasteiger partial charge is 0.457 e. The Bertz CT molecular complexity index is 292. The van der Waals surface area contributed by atoms with E-state index in [1.807, 2.05) is 20.8 Å². The highest BCUT2D eigenvalue weighted by Crippen LogP contribution is 2.13. The van der Waals surface area contributed by atoms with Crippen molar-refractivity contribution in [2.45, 2.75) is 79.1 Å². The van der Waals surface area contributed by atoms with Gasteiger partial charge in [0.25, 0.3) is 0 Å². The Labute approximate surface area is 129 Å². The summed E-state index contributed by atoms with van der Waals surface area (Å²) in [7, 11) is 0. The molecule has 0 aliphatic heterocycles. The summed E-state index contributed by atoms with van der Waals surface area (Å²) in [4.78, 5) is 22.7. The van der Waals surface area contributed by atoms with Crippen molar-refractivity contribution in [2.75, 3.05) is 13.2 Å². The highest BCUT2D eigenvalue weighted by atomic mass is 16.6. The monoisotopic (exact) mass is 300 g/mol. The fraction of sp³-hybridized carbons (Fsp3) is 0.882. The molecule has 0 radical (unpaired) electrons. The van der Waals surface area contributed by atoms with Crippen molar-refractivity contribution in [3.63, 3.8) is 0 Å². The fourth-order valence-corrected chi connectivity index (χ4v) is 1.80. The molecule has 0 fully saturated rings. The van der Waals surface area contributed by atoms with Crippen LogP contribution in [0.25, 0.3) is 0 Å². The second-order valence-corrected chi connectivity index (χ2v) is 6.75. The molecule has 0 N–H and O–H groups in total. The van der Waals surface area contributed by atoms with Gasteiger partial charge in [-0.2, -0.15) is 0 Å². The lowest BCUT2D eigenvalue weighted by Gasteiger charge is -2.17. The Morgan fingerprint density at radius 1 is 0.762 bits per heavy atom. The van der Waals surface area contributed by atoms with Gasteiger partial charge in [0.05, 0.1) is 13.2 Å². The molecule has 124 valence electrons. The second-order valence-electron chi connectivity index (χ2n) is 6.75. The van der Waals surface area contributed by atoms with Gasteiger partial charge in [0.15, 0.2) is 0 Å². The summed E-state index contributed by atoms with van der Waals surface area (Å²) >= 11 is 0. The first kappa shape index (κ1) is 19.9. The first-order valence-electron chi connectivity index (χ1n) is 8.20. The van der Waals surface area contributed by atoms with E-state index in [2.05, 4.69) is 6.92 Å². The van der Waals surface area contributed by atoms with Crippen molar-refractivity contribution < 1.29 is 19.1 Å². The highest BCUT2D eigenvalue weighted by Gasteiger charge is 2.20. The number of carbonyl (C=O) groups is 2. The Balaban J connectivity index is 3.47. The van der Waals surface area contributed by atoms with Crippen molar-refractivity contribution in [1.82, 2.24) is 0 Å². The van der Waals surface area contributed by atoms with Gasteiger partial charge in [0.2, 0.25) is 0 Å². The third kappa shape index (κ3) is 13.7. The molecule has 0 aromatic carbocycles. The molecule has 4 heteroatoms. The van der Waals surface area contributed by atoms with Crippen LogP contribution in [-0.4, -0.2) is 25.2 Å². The quantitative estimate of drug-likeness (QED) is 0.343. The normalized spacial score (nSPS) is 11.2. The Kier molecular flexibility index (Phi) is 11.0. The van der Waals surface area contributed by atoms with Crippen LogP contribution in [0, 0.1) is 5.41 Å². The van der Waals surface area contributed by atoms with Crippen LogP contribution in [0.2, 0.25) is 0 Å². The Morgan fingerprint density at radius 3 is 1.76 bits per heavy atom. The zero-order valence-corrected chi connectivity index (χ0v) is 14.2. The molecule has 0 amide bonds. The summed E-state index contributed by atoms with van der Waals surface area (Å²) in [5.74, 6) is -1.76. The van der Waals surface area contributed by atoms with Crippen molar-refractivity contribution in [3.05, 3.63) is 0 Å². The molecular weight excluding hydrogens is 268 g/mol. The molecule has 0 aromatic rings. The maximum atomic E-state index is 11.4. The first-order valence-corrected chi connectivity index (χ1v) is 8.20. The van der Waals surface area contributed by atoms with Gasteiger partial charge in [0.1, 0.15) is 0 Å². The second kappa shape index (κ2) is 11.6.